The van der Waals surface area contributed by atoms with Crippen LogP contribution in [0.3, 0.4) is 0 Å². The summed E-state index contributed by atoms with van der Waals surface area (Å²) >= 11 is 0. The van der Waals surface area contributed by atoms with Crippen LogP contribution in [0, 0.1) is 6.92 Å². The maximum atomic E-state index is 8.75. The number of rotatable bonds is 2. The molecule has 0 aliphatic rings. The summed E-state index contributed by atoms with van der Waals surface area (Å²) in [6, 6.07) is -0.351. The topological polar surface area (TPSA) is 64.1 Å². The van der Waals surface area contributed by atoms with E-state index in [0.29, 0.717) is 0 Å². The molecule has 1 atom stereocenters. The summed E-state index contributed by atoms with van der Waals surface area (Å²) < 4.78 is 1.69. The van der Waals surface area contributed by atoms with E-state index in [1.165, 1.54) is 0 Å². The fourth-order valence-corrected chi connectivity index (χ4v) is 1.08. The third-order valence-corrected chi connectivity index (χ3v) is 1.60. The van der Waals surface area contributed by atoms with Gasteiger partial charge in [0.25, 0.3) is 0 Å². The lowest BCUT2D eigenvalue weighted by atomic mass is 10.2. The van der Waals surface area contributed by atoms with Crippen LogP contribution in [0.25, 0.3) is 0 Å². The number of aryl methyl sites for hydroxylation is 2. The van der Waals surface area contributed by atoms with Gasteiger partial charge in [0.15, 0.2) is 0 Å². The first-order chi connectivity index (χ1) is 5.15. The minimum Gasteiger partial charge on any atom is -0.394 e. The Hall–Kier alpha value is -0.870. The highest BCUT2D eigenvalue weighted by molar-refractivity contribution is 5.18. The summed E-state index contributed by atoms with van der Waals surface area (Å²) in [5.74, 6) is 0. The number of aromatic nitrogens is 2. The highest BCUT2D eigenvalue weighted by Crippen LogP contribution is 2.11. The molecule has 0 unspecified atom stereocenters. The number of nitrogens with two attached hydrogens (primary N) is 1. The molecule has 4 heteroatoms. The molecule has 1 aromatic heterocycles. The van der Waals surface area contributed by atoms with Gasteiger partial charge < -0.3 is 10.8 Å². The molecule has 1 heterocycles. The van der Waals surface area contributed by atoms with Crippen LogP contribution in [0.15, 0.2) is 6.20 Å². The van der Waals surface area contributed by atoms with Crippen LogP contribution in [0.5, 0.6) is 0 Å². The third kappa shape index (κ3) is 1.58. The summed E-state index contributed by atoms with van der Waals surface area (Å²) in [7, 11) is 1.83. The first-order valence-corrected chi connectivity index (χ1v) is 3.51. The zero-order valence-corrected chi connectivity index (χ0v) is 6.78. The molecular weight excluding hydrogens is 142 g/mol. The Morgan fingerprint density at radius 3 is 2.82 bits per heavy atom. The monoisotopic (exact) mass is 155 g/mol. The summed E-state index contributed by atoms with van der Waals surface area (Å²) in [5.41, 5.74) is 7.38. The highest BCUT2D eigenvalue weighted by atomic mass is 16.3. The maximum absolute atomic E-state index is 8.75. The van der Waals surface area contributed by atoms with E-state index in [2.05, 4.69) is 5.10 Å². The lowest BCUT2D eigenvalue weighted by Crippen LogP contribution is -2.16. The lowest BCUT2D eigenvalue weighted by Gasteiger charge is -2.03. The van der Waals surface area contributed by atoms with Crippen LogP contribution in [0.2, 0.25) is 0 Å². The predicted molar refractivity (Wildman–Crippen MR) is 42.0 cm³/mol. The summed E-state index contributed by atoms with van der Waals surface area (Å²) in [4.78, 5) is 0. The summed E-state index contributed by atoms with van der Waals surface area (Å²) in [6.45, 7) is 1.87. The molecule has 0 aromatic carbocycles. The van der Waals surface area contributed by atoms with Crippen molar-refractivity contribution in [2.24, 2.45) is 12.8 Å². The molecule has 0 radical (unpaired) electrons. The van der Waals surface area contributed by atoms with Crippen molar-refractivity contribution in [1.82, 2.24) is 9.78 Å². The fraction of sp³-hybridized carbons (Fsp3) is 0.571. The van der Waals surface area contributed by atoms with Crippen LogP contribution in [-0.4, -0.2) is 21.5 Å². The Morgan fingerprint density at radius 2 is 2.45 bits per heavy atom. The molecule has 0 saturated heterocycles. The van der Waals surface area contributed by atoms with Gasteiger partial charge in [-0.25, -0.2) is 0 Å². The Bertz CT molecular complexity index is 244. The van der Waals surface area contributed by atoms with Crippen LogP contribution in [0.4, 0.5) is 0 Å². The van der Waals surface area contributed by atoms with Crippen molar-refractivity contribution in [3.05, 3.63) is 17.5 Å². The number of nitrogens with zero attached hydrogens (tertiary/aromatic N) is 2. The number of aliphatic hydroxyl groups is 1. The smallest absolute Gasteiger partial charge is 0.0844 e. The normalized spacial score (nSPS) is 13.5. The minimum absolute atomic E-state index is 0.0577. The van der Waals surface area contributed by atoms with Gasteiger partial charge in [0, 0.05) is 13.2 Å². The van der Waals surface area contributed by atoms with Gasteiger partial charge >= 0.3 is 0 Å². The molecule has 0 amide bonds. The van der Waals surface area contributed by atoms with Crippen molar-refractivity contribution in [3.63, 3.8) is 0 Å². The maximum Gasteiger partial charge on any atom is 0.0844 e. The fourth-order valence-electron chi connectivity index (χ4n) is 1.08. The Morgan fingerprint density at radius 1 is 1.82 bits per heavy atom. The molecule has 0 aliphatic heterocycles. The molecule has 4 nitrogen and oxygen atoms in total. The van der Waals surface area contributed by atoms with E-state index in [-0.39, 0.29) is 12.6 Å². The first-order valence-electron chi connectivity index (χ1n) is 3.51. The second-order valence-electron chi connectivity index (χ2n) is 2.66. The quantitative estimate of drug-likeness (QED) is 0.617. The summed E-state index contributed by atoms with van der Waals surface area (Å²) in [6.07, 6.45) is 1.88. The van der Waals surface area contributed by atoms with Crippen LogP contribution < -0.4 is 5.73 Å². The molecule has 3 N–H and O–H groups in total. The number of hydrogen-bond acceptors (Lipinski definition) is 3. The molecular formula is C7H13N3O. The molecule has 0 bridgehead atoms. The van der Waals surface area contributed by atoms with Gasteiger partial charge in [-0.1, -0.05) is 0 Å². The molecule has 0 fully saturated rings. The number of aliphatic hydroxyl groups excluding tert-OH is 1. The van der Waals surface area contributed by atoms with Crippen molar-refractivity contribution >= 4 is 0 Å². The zero-order valence-electron chi connectivity index (χ0n) is 6.78. The van der Waals surface area contributed by atoms with Gasteiger partial charge in [0.2, 0.25) is 0 Å². The standard InChI is InChI=1S/C7H13N3O/c1-5-3-10(2)9-7(5)6(8)4-11/h3,6,11H,4,8H2,1-2H3/t6-/m0/s1. The predicted octanol–water partition coefficient (Wildman–Crippen LogP) is -0.279. The van der Waals surface area contributed by atoms with E-state index in [9.17, 15) is 0 Å². The average Bonchev–Trinajstić information content (AvgIpc) is 2.28. The molecule has 0 saturated carbocycles. The molecule has 1 aromatic rings. The average molecular weight is 155 g/mol. The highest BCUT2D eigenvalue weighted by Gasteiger charge is 2.10. The SMILES string of the molecule is Cc1cn(C)nc1[C@@H](N)CO. The second-order valence-corrected chi connectivity index (χ2v) is 2.66. The molecule has 1 rings (SSSR count). The molecule has 0 spiro atoms. The Balaban J connectivity index is 2.93. The van der Waals surface area contributed by atoms with E-state index in [1.807, 2.05) is 20.2 Å². The second kappa shape index (κ2) is 3.02. The molecule has 0 aliphatic carbocycles. The van der Waals surface area contributed by atoms with E-state index in [4.69, 9.17) is 10.8 Å². The van der Waals surface area contributed by atoms with Crippen molar-refractivity contribution in [2.45, 2.75) is 13.0 Å². The van der Waals surface area contributed by atoms with Crippen molar-refractivity contribution in [2.75, 3.05) is 6.61 Å². The van der Waals surface area contributed by atoms with Gasteiger partial charge in [-0.2, -0.15) is 5.10 Å². The van der Waals surface area contributed by atoms with Crippen LogP contribution >= 0.6 is 0 Å². The van der Waals surface area contributed by atoms with Gasteiger partial charge in [-0.05, 0) is 12.5 Å². The largest absolute Gasteiger partial charge is 0.394 e. The van der Waals surface area contributed by atoms with Crippen molar-refractivity contribution in [3.8, 4) is 0 Å². The summed E-state index contributed by atoms with van der Waals surface area (Å²) in [5, 5.41) is 12.9. The van der Waals surface area contributed by atoms with E-state index in [0.717, 1.165) is 11.3 Å². The number of hydrogen-bond donors (Lipinski definition) is 2. The van der Waals surface area contributed by atoms with E-state index < -0.39 is 0 Å². The molecule has 11 heavy (non-hydrogen) atoms. The van der Waals surface area contributed by atoms with Gasteiger partial charge in [0.05, 0.1) is 18.3 Å². The van der Waals surface area contributed by atoms with E-state index >= 15 is 0 Å². The van der Waals surface area contributed by atoms with Gasteiger partial charge in [-0.3, -0.25) is 4.68 Å². The van der Waals surface area contributed by atoms with Gasteiger partial charge in [-0.15, -0.1) is 0 Å². The van der Waals surface area contributed by atoms with Crippen molar-refractivity contribution < 1.29 is 5.11 Å². The third-order valence-electron chi connectivity index (χ3n) is 1.60. The van der Waals surface area contributed by atoms with Crippen LogP contribution in [-0.2, 0) is 7.05 Å². The Labute approximate surface area is 65.6 Å². The zero-order chi connectivity index (χ0) is 8.43. The van der Waals surface area contributed by atoms with Crippen LogP contribution in [0.1, 0.15) is 17.3 Å². The minimum atomic E-state index is -0.351. The lowest BCUT2D eigenvalue weighted by molar-refractivity contribution is 0.265. The van der Waals surface area contributed by atoms with E-state index in [1.54, 1.807) is 4.68 Å². The first kappa shape index (κ1) is 8.23. The van der Waals surface area contributed by atoms with Gasteiger partial charge in [0.1, 0.15) is 0 Å². The van der Waals surface area contributed by atoms with Crippen molar-refractivity contribution in [1.29, 1.82) is 0 Å². The Kier molecular flexibility index (Phi) is 2.26. The molecule has 62 valence electrons.